The van der Waals surface area contributed by atoms with Crippen molar-refractivity contribution in [2.24, 2.45) is 0 Å². The van der Waals surface area contributed by atoms with Crippen molar-refractivity contribution in [2.45, 2.75) is 63.3 Å². The second-order valence-electron chi connectivity index (χ2n) is 7.58. The van der Waals surface area contributed by atoms with E-state index in [9.17, 15) is 19.2 Å². The monoisotopic (exact) mass is 405 g/mol. The number of urea groups is 1. The summed E-state index contributed by atoms with van der Waals surface area (Å²) in [4.78, 5) is 50.5. The van der Waals surface area contributed by atoms with Gasteiger partial charge in [0.15, 0.2) is 6.61 Å². The molecule has 2 aliphatic carbocycles. The lowest BCUT2D eigenvalue weighted by atomic mass is 9.82. The van der Waals surface area contributed by atoms with Gasteiger partial charge in [0.05, 0.1) is 5.56 Å². The summed E-state index contributed by atoms with van der Waals surface area (Å²) in [5.74, 6) is -1.70. The maximum absolute atomic E-state index is 12.6. The molecular weight excluding hydrogens is 382 g/mol. The van der Waals surface area contributed by atoms with Gasteiger partial charge in [-0.1, -0.05) is 19.3 Å². The van der Waals surface area contributed by atoms with Crippen LogP contribution in [-0.2, 0) is 27.2 Å². The molecule has 4 rings (SSSR count). The minimum Gasteiger partial charge on any atom is -0.452 e. The van der Waals surface area contributed by atoms with E-state index in [0.717, 1.165) is 50.5 Å². The Morgan fingerprint density at radius 1 is 1.14 bits per heavy atom. The van der Waals surface area contributed by atoms with Crippen LogP contribution < -0.4 is 10.7 Å². The van der Waals surface area contributed by atoms with Crippen LogP contribution in [0.1, 0.15) is 65.7 Å². The number of amides is 4. The zero-order valence-electron chi connectivity index (χ0n) is 15.5. The van der Waals surface area contributed by atoms with E-state index in [4.69, 9.17) is 4.74 Å². The number of aryl methyl sites for hydroxylation is 1. The average Bonchev–Trinajstić information content (AvgIpc) is 3.22. The Balaban J connectivity index is 1.33. The number of fused-ring (bicyclic) bond motifs is 1. The van der Waals surface area contributed by atoms with Gasteiger partial charge in [0, 0.05) is 10.3 Å². The first-order chi connectivity index (χ1) is 13.5. The number of ether oxygens (including phenoxy) is 1. The number of thiophene rings is 1. The van der Waals surface area contributed by atoms with Gasteiger partial charge in [0.2, 0.25) is 0 Å². The first-order valence-corrected chi connectivity index (χ1v) is 10.6. The minimum atomic E-state index is -0.908. The summed E-state index contributed by atoms with van der Waals surface area (Å²) in [6, 6.07) is -0.640. The van der Waals surface area contributed by atoms with Crippen LogP contribution in [0.25, 0.3) is 0 Å². The Bertz CT molecular complexity index is 828. The SMILES string of the molecule is O=C(COC(=O)c1csc2c1CCCC2)NN1C(=O)NC2(CCCCC2)C1=O. The van der Waals surface area contributed by atoms with Crippen molar-refractivity contribution in [1.29, 1.82) is 0 Å². The first kappa shape index (κ1) is 18.9. The molecule has 8 nitrogen and oxygen atoms in total. The highest BCUT2D eigenvalue weighted by Gasteiger charge is 2.52. The smallest absolute Gasteiger partial charge is 0.344 e. The molecule has 2 fully saturated rings. The fourth-order valence-corrected chi connectivity index (χ4v) is 5.36. The van der Waals surface area contributed by atoms with Gasteiger partial charge in [0.1, 0.15) is 5.54 Å². The Kier molecular flexibility index (Phi) is 5.09. The molecule has 150 valence electrons. The Hall–Kier alpha value is -2.42. The van der Waals surface area contributed by atoms with E-state index in [1.165, 1.54) is 4.88 Å². The summed E-state index contributed by atoms with van der Waals surface area (Å²) in [5.41, 5.74) is 2.90. The van der Waals surface area contributed by atoms with Crippen molar-refractivity contribution < 1.29 is 23.9 Å². The quantitative estimate of drug-likeness (QED) is 0.589. The summed E-state index contributed by atoms with van der Waals surface area (Å²) in [5, 5.41) is 5.21. The van der Waals surface area contributed by atoms with E-state index in [2.05, 4.69) is 10.7 Å². The molecule has 0 unspecified atom stereocenters. The highest BCUT2D eigenvalue weighted by molar-refractivity contribution is 7.10. The summed E-state index contributed by atoms with van der Waals surface area (Å²) < 4.78 is 5.12. The normalized spacial score (nSPS) is 20.6. The number of esters is 1. The van der Waals surface area contributed by atoms with Gasteiger partial charge in [-0.3, -0.25) is 15.0 Å². The number of hydrogen-bond acceptors (Lipinski definition) is 6. The molecule has 0 bridgehead atoms. The Morgan fingerprint density at radius 2 is 1.89 bits per heavy atom. The predicted molar refractivity (Wildman–Crippen MR) is 101 cm³/mol. The summed E-state index contributed by atoms with van der Waals surface area (Å²) >= 11 is 1.55. The van der Waals surface area contributed by atoms with E-state index in [1.54, 1.807) is 16.7 Å². The molecular formula is C19H23N3O5S. The van der Waals surface area contributed by atoms with Gasteiger partial charge in [-0.15, -0.1) is 11.3 Å². The van der Waals surface area contributed by atoms with Gasteiger partial charge in [-0.25, -0.2) is 9.59 Å². The van der Waals surface area contributed by atoms with Crippen molar-refractivity contribution >= 4 is 35.2 Å². The number of nitrogens with one attached hydrogen (secondary N) is 2. The van der Waals surface area contributed by atoms with Gasteiger partial charge in [0.25, 0.3) is 11.8 Å². The molecule has 1 aromatic rings. The van der Waals surface area contributed by atoms with Crippen LogP contribution in [0.15, 0.2) is 5.38 Å². The molecule has 0 aromatic carbocycles. The number of rotatable bonds is 4. The highest BCUT2D eigenvalue weighted by Crippen LogP contribution is 2.33. The molecule has 1 spiro atoms. The second-order valence-corrected chi connectivity index (χ2v) is 8.55. The number of hydrazine groups is 1. The lowest BCUT2D eigenvalue weighted by molar-refractivity contribution is -0.140. The molecule has 28 heavy (non-hydrogen) atoms. The van der Waals surface area contributed by atoms with Gasteiger partial charge >= 0.3 is 12.0 Å². The zero-order chi connectivity index (χ0) is 19.7. The van der Waals surface area contributed by atoms with Crippen LogP contribution in [0, 0.1) is 0 Å². The molecule has 9 heteroatoms. The van der Waals surface area contributed by atoms with Crippen molar-refractivity contribution in [2.75, 3.05) is 6.61 Å². The lowest BCUT2D eigenvalue weighted by Gasteiger charge is -2.30. The van der Waals surface area contributed by atoms with Crippen LogP contribution in [-0.4, -0.2) is 41.0 Å². The standard InChI is InChI=1S/C19H23N3O5S/c23-15(10-27-16(24)13-11-28-14-7-3-2-6-12(13)14)21-22-17(25)19(20-18(22)26)8-4-1-5-9-19/h11H,1-10H2,(H,20,26)(H,21,23). The lowest BCUT2D eigenvalue weighted by Crippen LogP contribution is -2.51. The topological polar surface area (TPSA) is 105 Å². The molecule has 2 heterocycles. The molecule has 1 saturated carbocycles. The Labute approximate surface area is 166 Å². The minimum absolute atomic E-state index is 0.441. The maximum atomic E-state index is 12.6. The summed E-state index contributed by atoms with van der Waals surface area (Å²) in [6.07, 6.45) is 7.87. The van der Waals surface area contributed by atoms with Crippen LogP contribution in [0.3, 0.4) is 0 Å². The van der Waals surface area contributed by atoms with Crippen molar-refractivity contribution in [3.8, 4) is 0 Å². The third-order valence-corrected chi connectivity index (χ3v) is 6.81. The Morgan fingerprint density at radius 3 is 2.68 bits per heavy atom. The molecule has 4 amide bonds. The molecule has 3 aliphatic rings. The van der Waals surface area contributed by atoms with Crippen molar-refractivity contribution in [3.05, 3.63) is 21.4 Å². The number of hydrogen-bond donors (Lipinski definition) is 2. The first-order valence-electron chi connectivity index (χ1n) is 9.73. The molecule has 2 N–H and O–H groups in total. The third-order valence-electron chi connectivity index (χ3n) is 5.72. The van der Waals surface area contributed by atoms with Crippen molar-refractivity contribution in [1.82, 2.24) is 15.8 Å². The van der Waals surface area contributed by atoms with E-state index < -0.39 is 36.0 Å². The summed E-state index contributed by atoms with van der Waals surface area (Å²) in [7, 11) is 0. The largest absolute Gasteiger partial charge is 0.452 e. The molecule has 1 saturated heterocycles. The van der Waals surface area contributed by atoms with Crippen LogP contribution in [0.2, 0.25) is 0 Å². The van der Waals surface area contributed by atoms with Crippen molar-refractivity contribution in [3.63, 3.8) is 0 Å². The molecule has 0 radical (unpaired) electrons. The fourth-order valence-electron chi connectivity index (χ4n) is 4.25. The van der Waals surface area contributed by atoms with Gasteiger partial charge in [-0.2, -0.15) is 5.01 Å². The average molecular weight is 405 g/mol. The van der Waals surface area contributed by atoms with E-state index in [0.29, 0.717) is 23.4 Å². The number of carbonyl (C=O) groups excluding carboxylic acids is 4. The van der Waals surface area contributed by atoms with E-state index in [1.807, 2.05) is 0 Å². The van der Waals surface area contributed by atoms with Crippen LogP contribution in [0.4, 0.5) is 4.79 Å². The predicted octanol–water partition coefficient (Wildman–Crippen LogP) is 2.07. The third kappa shape index (κ3) is 3.39. The molecule has 1 aliphatic heterocycles. The highest BCUT2D eigenvalue weighted by atomic mass is 32.1. The van der Waals surface area contributed by atoms with E-state index >= 15 is 0 Å². The van der Waals surface area contributed by atoms with Crippen LogP contribution >= 0.6 is 11.3 Å². The number of imide groups is 1. The number of nitrogens with zero attached hydrogens (tertiary/aromatic N) is 1. The maximum Gasteiger partial charge on any atom is 0.344 e. The van der Waals surface area contributed by atoms with Crippen LogP contribution in [0.5, 0.6) is 0 Å². The zero-order valence-corrected chi connectivity index (χ0v) is 16.4. The summed E-state index contributed by atoms with van der Waals surface area (Å²) in [6.45, 7) is -0.548. The second kappa shape index (κ2) is 7.54. The fraction of sp³-hybridized carbons (Fsp3) is 0.579. The van der Waals surface area contributed by atoms with Gasteiger partial charge < -0.3 is 10.1 Å². The van der Waals surface area contributed by atoms with E-state index in [-0.39, 0.29) is 0 Å². The molecule has 0 atom stereocenters. The van der Waals surface area contributed by atoms with Gasteiger partial charge in [-0.05, 0) is 44.1 Å². The number of carbonyl (C=O) groups is 4. The molecule has 1 aromatic heterocycles.